The van der Waals surface area contributed by atoms with Crippen molar-refractivity contribution in [3.63, 3.8) is 0 Å². The lowest BCUT2D eigenvalue weighted by Crippen LogP contribution is -2.42. The number of amides is 1. The van der Waals surface area contributed by atoms with E-state index in [2.05, 4.69) is 20.1 Å². The zero-order valence-electron chi connectivity index (χ0n) is 13.9. The van der Waals surface area contributed by atoms with Gasteiger partial charge in [-0.1, -0.05) is 36.8 Å². The first-order chi connectivity index (χ1) is 11.7. The Labute approximate surface area is 142 Å². The molecule has 0 fully saturated rings. The number of rotatable bonds is 6. The fourth-order valence-corrected chi connectivity index (χ4v) is 3.12. The van der Waals surface area contributed by atoms with Gasteiger partial charge in [0.2, 0.25) is 5.91 Å². The summed E-state index contributed by atoms with van der Waals surface area (Å²) in [5.74, 6) is 1.92. The van der Waals surface area contributed by atoms with E-state index in [-0.39, 0.29) is 5.91 Å². The fourth-order valence-electron chi connectivity index (χ4n) is 3.12. The molecule has 1 atom stereocenters. The van der Waals surface area contributed by atoms with Gasteiger partial charge in [-0.2, -0.15) is 0 Å². The van der Waals surface area contributed by atoms with E-state index in [1.54, 1.807) is 0 Å². The summed E-state index contributed by atoms with van der Waals surface area (Å²) < 4.78 is 2.21. The standard InChI is InChI=1S/C18H25N5O/c19-15(13-14-7-3-1-4-8-14)18(24)20-11-10-17-22-21-16-9-5-2-6-12-23(16)17/h1,3-4,7-8,15H,2,5-6,9-13,19H2,(H,20,24). The maximum absolute atomic E-state index is 12.1. The molecule has 3 rings (SSSR count). The normalized spacial score (nSPS) is 15.4. The average Bonchev–Trinajstić information content (AvgIpc) is 2.82. The van der Waals surface area contributed by atoms with Crippen molar-refractivity contribution in [3.8, 4) is 0 Å². The van der Waals surface area contributed by atoms with Crippen molar-refractivity contribution in [1.82, 2.24) is 20.1 Å². The van der Waals surface area contributed by atoms with Crippen molar-refractivity contribution in [2.75, 3.05) is 6.54 Å². The highest BCUT2D eigenvalue weighted by atomic mass is 16.2. The third-order valence-electron chi connectivity index (χ3n) is 4.47. The molecule has 2 heterocycles. The Balaban J connectivity index is 1.48. The van der Waals surface area contributed by atoms with E-state index in [9.17, 15) is 4.79 Å². The summed E-state index contributed by atoms with van der Waals surface area (Å²) in [5.41, 5.74) is 7.07. The van der Waals surface area contributed by atoms with Crippen LogP contribution in [-0.2, 0) is 30.6 Å². The summed E-state index contributed by atoms with van der Waals surface area (Å²) in [6, 6.07) is 9.31. The first-order valence-electron chi connectivity index (χ1n) is 8.72. The van der Waals surface area contributed by atoms with Crippen LogP contribution < -0.4 is 11.1 Å². The predicted molar refractivity (Wildman–Crippen MR) is 92.4 cm³/mol. The smallest absolute Gasteiger partial charge is 0.237 e. The van der Waals surface area contributed by atoms with Crippen LogP contribution in [-0.4, -0.2) is 33.3 Å². The van der Waals surface area contributed by atoms with Gasteiger partial charge in [-0.05, 0) is 24.8 Å². The van der Waals surface area contributed by atoms with Crippen molar-refractivity contribution in [2.24, 2.45) is 5.73 Å². The molecule has 1 amide bonds. The van der Waals surface area contributed by atoms with Crippen LogP contribution in [0.4, 0.5) is 0 Å². The van der Waals surface area contributed by atoms with E-state index in [1.165, 1.54) is 19.3 Å². The number of benzene rings is 1. The molecule has 6 heteroatoms. The zero-order valence-corrected chi connectivity index (χ0v) is 13.9. The molecule has 2 aromatic rings. The van der Waals surface area contributed by atoms with Gasteiger partial charge in [0.25, 0.3) is 0 Å². The Morgan fingerprint density at radius 1 is 1.21 bits per heavy atom. The van der Waals surface area contributed by atoms with Gasteiger partial charge >= 0.3 is 0 Å². The molecule has 1 unspecified atom stereocenters. The highest BCUT2D eigenvalue weighted by Crippen LogP contribution is 2.14. The summed E-state index contributed by atoms with van der Waals surface area (Å²) in [7, 11) is 0. The van der Waals surface area contributed by atoms with Crippen LogP contribution >= 0.6 is 0 Å². The molecule has 128 valence electrons. The number of nitrogens with one attached hydrogen (secondary N) is 1. The molecule has 6 nitrogen and oxygen atoms in total. The van der Waals surface area contributed by atoms with Gasteiger partial charge in [0.1, 0.15) is 11.6 Å². The van der Waals surface area contributed by atoms with Crippen LogP contribution in [0.25, 0.3) is 0 Å². The third kappa shape index (κ3) is 4.20. The molecule has 0 bridgehead atoms. The zero-order chi connectivity index (χ0) is 16.8. The van der Waals surface area contributed by atoms with Crippen molar-refractivity contribution in [3.05, 3.63) is 47.5 Å². The monoisotopic (exact) mass is 327 g/mol. The number of hydrogen-bond donors (Lipinski definition) is 2. The first-order valence-corrected chi connectivity index (χ1v) is 8.72. The molecule has 3 N–H and O–H groups in total. The van der Waals surface area contributed by atoms with Gasteiger partial charge in [0.15, 0.2) is 0 Å². The largest absolute Gasteiger partial charge is 0.354 e. The molecule has 0 saturated heterocycles. The number of nitrogens with two attached hydrogens (primary N) is 1. The fraction of sp³-hybridized carbons (Fsp3) is 0.500. The lowest BCUT2D eigenvalue weighted by molar-refractivity contribution is -0.122. The second-order valence-corrected chi connectivity index (χ2v) is 6.33. The summed E-state index contributed by atoms with van der Waals surface area (Å²) >= 11 is 0. The Kier molecular flexibility index (Phi) is 5.59. The van der Waals surface area contributed by atoms with E-state index in [1.807, 2.05) is 30.3 Å². The molecule has 0 saturated carbocycles. The number of fused-ring (bicyclic) bond motifs is 1. The summed E-state index contributed by atoms with van der Waals surface area (Å²) in [5, 5.41) is 11.5. The van der Waals surface area contributed by atoms with E-state index in [4.69, 9.17) is 5.73 Å². The molecule has 0 aliphatic carbocycles. The summed E-state index contributed by atoms with van der Waals surface area (Å²) in [6.07, 6.45) is 5.84. The number of nitrogens with zero attached hydrogens (tertiary/aromatic N) is 3. The van der Waals surface area contributed by atoms with Gasteiger partial charge in [0, 0.05) is 25.9 Å². The second-order valence-electron chi connectivity index (χ2n) is 6.33. The van der Waals surface area contributed by atoms with Gasteiger partial charge < -0.3 is 15.6 Å². The highest BCUT2D eigenvalue weighted by molar-refractivity contribution is 5.81. The van der Waals surface area contributed by atoms with Gasteiger partial charge in [-0.25, -0.2) is 0 Å². The van der Waals surface area contributed by atoms with Crippen LogP contribution in [0, 0.1) is 0 Å². The Morgan fingerprint density at radius 3 is 2.88 bits per heavy atom. The number of aryl methyl sites for hydroxylation is 1. The molecular weight excluding hydrogens is 302 g/mol. The summed E-state index contributed by atoms with van der Waals surface area (Å²) in [4.78, 5) is 12.1. The molecular formula is C18H25N5O. The highest BCUT2D eigenvalue weighted by Gasteiger charge is 2.16. The average molecular weight is 327 g/mol. The minimum absolute atomic E-state index is 0.116. The van der Waals surface area contributed by atoms with Crippen molar-refractivity contribution >= 4 is 5.91 Å². The van der Waals surface area contributed by atoms with E-state index >= 15 is 0 Å². The van der Waals surface area contributed by atoms with Crippen molar-refractivity contribution < 1.29 is 4.79 Å². The van der Waals surface area contributed by atoms with Gasteiger partial charge in [-0.3, -0.25) is 4.79 Å². The minimum Gasteiger partial charge on any atom is -0.354 e. The van der Waals surface area contributed by atoms with E-state index < -0.39 is 6.04 Å². The Morgan fingerprint density at radius 2 is 2.04 bits per heavy atom. The van der Waals surface area contributed by atoms with E-state index in [0.29, 0.717) is 19.4 Å². The first kappa shape index (κ1) is 16.6. The molecule has 1 aliphatic rings. The number of carbonyl (C=O) groups excluding carboxylic acids is 1. The third-order valence-corrected chi connectivity index (χ3v) is 4.47. The topological polar surface area (TPSA) is 85.8 Å². The lowest BCUT2D eigenvalue weighted by atomic mass is 10.1. The SMILES string of the molecule is NC(Cc1ccccc1)C(=O)NCCc1nnc2n1CCCCC2. The second kappa shape index (κ2) is 8.06. The van der Waals surface area contributed by atoms with Gasteiger partial charge in [-0.15, -0.1) is 10.2 Å². The molecule has 24 heavy (non-hydrogen) atoms. The van der Waals surface area contributed by atoms with E-state index in [0.717, 1.165) is 30.2 Å². The summed E-state index contributed by atoms with van der Waals surface area (Å²) in [6.45, 7) is 1.53. The van der Waals surface area contributed by atoms with Crippen molar-refractivity contribution in [2.45, 2.75) is 51.1 Å². The molecule has 1 aliphatic heterocycles. The Hall–Kier alpha value is -2.21. The van der Waals surface area contributed by atoms with Crippen LogP contribution in [0.1, 0.15) is 36.5 Å². The van der Waals surface area contributed by atoms with Gasteiger partial charge in [0.05, 0.1) is 6.04 Å². The molecule has 1 aromatic carbocycles. The quantitative estimate of drug-likeness (QED) is 0.836. The van der Waals surface area contributed by atoms with Crippen molar-refractivity contribution in [1.29, 1.82) is 0 Å². The van der Waals surface area contributed by atoms with Crippen LogP contribution in [0.2, 0.25) is 0 Å². The number of hydrogen-bond acceptors (Lipinski definition) is 4. The van der Waals surface area contributed by atoms with Crippen LogP contribution in [0.15, 0.2) is 30.3 Å². The number of aromatic nitrogens is 3. The lowest BCUT2D eigenvalue weighted by Gasteiger charge is -2.12. The molecule has 0 radical (unpaired) electrons. The molecule has 1 aromatic heterocycles. The minimum atomic E-state index is -0.525. The van der Waals surface area contributed by atoms with Crippen LogP contribution in [0.3, 0.4) is 0 Å². The Bertz CT molecular complexity index is 667. The number of carbonyl (C=O) groups is 1. The maximum Gasteiger partial charge on any atom is 0.237 e. The molecule has 0 spiro atoms. The predicted octanol–water partition coefficient (Wildman–Crippen LogP) is 1.23. The maximum atomic E-state index is 12.1. The van der Waals surface area contributed by atoms with Crippen LogP contribution in [0.5, 0.6) is 0 Å².